The Hall–Kier alpha value is -2.96. The van der Waals surface area contributed by atoms with Crippen LogP contribution in [0, 0.1) is 17.1 Å². The summed E-state index contributed by atoms with van der Waals surface area (Å²) in [5.41, 5.74) is 0.760. The Balaban J connectivity index is 1.75. The number of thioether (sulfide) groups is 1. The standard InChI is InChI=1S/C18H14FN5OS2/c1-2-8-24-16(13-5-3-4-6-14(13)19)22-23-18(24)27-11-15(25)21-17-12(10-20)7-9-26-17/h2-7,9H,1,8,11H2,(H,21,25). The van der Waals surface area contributed by atoms with Crippen LogP contribution in [0.4, 0.5) is 9.39 Å². The van der Waals surface area contributed by atoms with Crippen molar-refractivity contribution in [2.45, 2.75) is 11.7 Å². The van der Waals surface area contributed by atoms with Gasteiger partial charge in [0.1, 0.15) is 16.9 Å². The highest BCUT2D eigenvalue weighted by molar-refractivity contribution is 7.99. The Morgan fingerprint density at radius 3 is 2.96 bits per heavy atom. The van der Waals surface area contributed by atoms with Gasteiger partial charge >= 0.3 is 0 Å². The van der Waals surface area contributed by atoms with E-state index in [9.17, 15) is 9.18 Å². The lowest BCUT2D eigenvalue weighted by atomic mass is 10.2. The first-order chi connectivity index (χ1) is 13.1. The zero-order valence-corrected chi connectivity index (χ0v) is 15.7. The van der Waals surface area contributed by atoms with Crippen molar-refractivity contribution in [1.29, 1.82) is 5.26 Å². The maximum Gasteiger partial charge on any atom is 0.235 e. The average Bonchev–Trinajstić information content (AvgIpc) is 3.27. The van der Waals surface area contributed by atoms with E-state index in [2.05, 4.69) is 22.1 Å². The summed E-state index contributed by atoms with van der Waals surface area (Å²) < 4.78 is 15.8. The molecule has 9 heteroatoms. The lowest BCUT2D eigenvalue weighted by molar-refractivity contribution is -0.113. The molecule has 136 valence electrons. The van der Waals surface area contributed by atoms with Crippen LogP contribution in [-0.2, 0) is 11.3 Å². The molecule has 1 N–H and O–H groups in total. The number of allylic oxidation sites excluding steroid dienone is 1. The Kier molecular flexibility index (Phi) is 6.01. The Labute approximate surface area is 163 Å². The zero-order valence-electron chi connectivity index (χ0n) is 14.1. The molecule has 1 aromatic carbocycles. The number of nitrogens with zero attached hydrogens (tertiary/aromatic N) is 4. The fraction of sp³-hybridized carbons (Fsp3) is 0.111. The normalized spacial score (nSPS) is 10.4. The van der Waals surface area contributed by atoms with Gasteiger partial charge in [-0.1, -0.05) is 30.0 Å². The van der Waals surface area contributed by atoms with Crippen LogP contribution in [-0.4, -0.2) is 26.4 Å². The van der Waals surface area contributed by atoms with Crippen molar-refractivity contribution in [2.75, 3.05) is 11.1 Å². The lowest BCUT2D eigenvalue weighted by Gasteiger charge is -2.08. The molecule has 0 bridgehead atoms. The third-order valence-electron chi connectivity index (χ3n) is 3.51. The maximum atomic E-state index is 14.1. The number of rotatable bonds is 7. The zero-order chi connectivity index (χ0) is 19.2. The summed E-state index contributed by atoms with van der Waals surface area (Å²) in [6, 6.07) is 9.98. The van der Waals surface area contributed by atoms with Gasteiger partial charge in [-0.2, -0.15) is 5.26 Å². The van der Waals surface area contributed by atoms with Crippen LogP contribution in [0.2, 0.25) is 0 Å². The third kappa shape index (κ3) is 4.24. The van der Waals surface area contributed by atoms with Crippen molar-refractivity contribution in [1.82, 2.24) is 14.8 Å². The predicted molar refractivity (Wildman–Crippen MR) is 104 cm³/mol. The highest BCUT2D eigenvalue weighted by Gasteiger charge is 2.17. The number of hydrogen-bond donors (Lipinski definition) is 1. The van der Waals surface area contributed by atoms with E-state index < -0.39 is 5.82 Å². The molecule has 2 aromatic heterocycles. The number of carbonyl (C=O) groups is 1. The van der Waals surface area contributed by atoms with E-state index in [0.29, 0.717) is 33.7 Å². The monoisotopic (exact) mass is 399 g/mol. The molecule has 3 rings (SSSR count). The summed E-state index contributed by atoms with van der Waals surface area (Å²) in [5, 5.41) is 22.6. The molecular weight excluding hydrogens is 385 g/mol. The summed E-state index contributed by atoms with van der Waals surface area (Å²) in [6.07, 6.45) is 1.66. The van der Waals surface area contributed by atoms with Crippen molar-refractivity contribution >= 4 is 34.0 Å². The van der Waals surface area contributed by atoms with Crippen LogP contribution < -0.4 is 5.32 Å². The molecule has 0 radical (unpaired) electrons. The Bertz CT molecular complexity index is 1020. The smallest absolute Gasteiger partial charge is 0.235 e. The number of aromatic nitrogens is 3. The molecule has 0 saturated heterocycles. The van der Waals surface area contributed by atoms with Gasteiger partial charge in [-0.15, -0.1) is 28.1 Å². The summed E-state index contributed by atoms with van der Waals surface area (Å²) in [5.74, 6) is -0.207. The molecule has 0 spiro atoms. The van der Waals surface area contributed by atoms with Crippen molar-refractivity contribution in [3.05, 3.63) is 59.7 Å². The lowest BCUT2D eigenvalue weighted by Crippen LogP contribution is -2.14. The molecule has 0 fully saturated rings. The van der Waals surface area contributed by atoms with E-state index in [1.54, 1.807) is 40.3 Å². The van der Waals surface area contributed by atoms with E-state index in [1.165, 1.54) is 29.2 Å². The molecule has 2 heterocycles. The SMILES string of the molecule is C=CCn1c(SCC(=O)Nc2sccc2C#N)nnc1-c1ccccc1F. The maximum absolute atomic E-state index is 14.1. The first-order valence-electron chi connectivity index (χ1n) is 7.83. The van der Waals surface area contributed by atoms with E-state index >= 15 is 0 Å². The third-order valence-corrected chi connectivity index (χ3v) is 5.31. The molecular formula is C18H14FN5OS2. The fourth-order valence-electron chi connectivity index (χ4n) is 2.32. The number of benzene rings is 1. The second-order valence-corrected chi connectivity index (χ2v) is 7.16. The first-order valence-corrected chi connectivity index (χ1v) is 9.69. The quantitative estimate of drug-likeness (QED) is 0.481. The number of hydrogen-bond acceptors (Lipinski definition) is 6. The van der Waals surface area contributed by atoms with Crippen LogP contribution in [0.1, 0.15) is 5.56 Å². The van der Waals surface area contributed by atoms with Gasteiger partial charge in [0.25, 0.3) is 0 Å². The number of amides is 1. The summed E-state index contributed by atoms with van der Waals surface area (Å²) in [6.45, 7) is 4.09. The van der Waals surface area contributed by atoms with Crippen LogP contribution >= 0.6 is 23.1 Å². The van der Waals surface area contributed by atoms with Crippen molar-refractivity contribution in [3.8, 4) is 17.5 Å². The van der Waals surface area contributed by atoms with E-state index in [1.807, 2.05) is 6.07 Å². The molecule has 0 aliphatic carbocycles. The molecule has 1 amide bonds. The number of thiophene rings is 1. The summed E-state index contributed by atoms with van der Waals surface area (Å²) >= 11 is 2.47. The fourth-order valence-corrected chi connectivity index (χ4v) is 3.82. The summed E-state index contributed by atoms with van der Waals surface area (Å²) in [7, 11) is 0. The van der Waals surface area contributed by atoms with Crippen molar-refractivity contribution in [2.24, 2.45) is 0 Å². The van der Waals surface area contributed by atoms with Gasteiger partial charge in [0.05, 0.1) is 16.9 Å². The second-order valence-electron chi connectivity index (χ2n) is 5.30. The van der Waals surface area contributed by atoms with Crippen LogP contribution in [0.3, 0.4) is 0 Å². The first kappa shape index (κ1) is 18.8. The Morgan fingerprint density at radius 2 is 2.22 bits per heavy atom. The van der Waals surface area contributed by atoms with Gasteiger partial charge in [0, 0.05) is 6.54 Å². The van der Waals surface area contributed by atoms with Gasteiger partial charge in [-0.25, -0.2) is 4.39 Å². The average molecular weight is 399 g/mol. The van der Waals surface area contributed by atoms with Crippen LogP contribution in [0.25, 0.3) is 11.4 Å². The second kappa shape index (κ2) is 8.62. The topological polar surface area (TPSA) is 83.6 Å². The van der Waals surface area contributed by atoms with E-state index in [4.69, 9.17) is 5.26 Å². The minimum Gasteiger partial charge on any atom is -0.316 e. The molecule has 6 nitrogen and oxygen atoms in total. The van der Waals surface area contributed by atoms with Crippen molar-refractivity contribution < 1.29 is 9.18 Å². The minimum atomic E-state index is -0.397. The van der Waals surface area contributed by atoms with E-state index in [0.717, 1.165) is 0 Å². The number of nitrogens with one attached hydrogen (secondary N) is 1. The molecule has 0 atom stereocenters. The van der Waals surface area contributed by atoms with E-state index in [-0.39, 0.29) is 11.7 Å². The highest BCUT2D eigenvalue weighted by Crippen LogP contribution is 2.27. The molecule has 0 aliphatic heterocycles. The summed E-state index contributed by atoms with van der Waals surface area (Å²) in [4.78, 5) is 12.2. The molecule has 27 heavy (non-hydrogen) atoms. The van der Waals surface area contributed by atoms with Crippen LogP contribution in [0.15, 0.2) is 53.5 Å². The van der Waals surface area contributed by atoms with Crippen molar-refractivity contribution in [3.63, 3.8) is 0 Å². The van der Waals surface area contributed by atoms with Gasteiger partial charge in [-0.05, 0) is 23.6 Å². The number of halogens is 1. The van der Waals surface area contributed by atoms with Crippen LogP contribution in [0.5, 0.6) is 0 Å². The largest absolute Gasteiger partial charge is 0.316 e. The van der Waals surface area contributed by atoms with Gasteiger partial charge in [0.15, 0.2) is 11.0 Å². The van der Waals surface area contributed by atoms with Gasteiger partial charge in [-0.3, -0.25) is 9.36 Å². The van der Waals surface area contributed by atoms with Gasteiger partial charge in [0.2, 0.25) is 5.91 Å². The number of anilines is 1. The predicted octanol–water partition coefficient (Wildman–Crippen LogP) is 3.93. The molecule has 0 unspecified atom stereocenters. The number of nitriles is 1. The highest BCUT2D eigenvalue weighted by atomic mass is 32.2. The molecule has 3 aromatic rings. The Morgan fingerprint density at radius 1 is 1.41 bits per heavy atom. The minimum absolute atomic E-state index is 0.0787. The number of carbonyl (C=O) groups excluding carboxylic acids is 1. The van der Waals surface area contributed by atoms with Gasteiger partial charge < -0.3 is 5.32 Å². The molecule has 0 aliphatic rings. The molecule has 0 saturated carbocycles.